The van der Waals surface area contributed by atoms with Gasteiger partial charge in [-0.3, -0.25) is 14.4 Å². The number of nitrogens with one attached hydrogen (secondary N) is 2. The molecule has 1 spiro atoms. The van der Waals surface area contributed by atoms with E-state index in [1.165, 1.54) is 6.42 Å². The minimum Gasteiger partial charge on any atom is -0.356 e. The van der Waals surface area contributed by atoms with E-state index in [0.717, 1.165) is 25.7 Å². The number of benzene rings is 1. The van der Waals surface area contributed by atoms with Crippen LogP contribution in [-0.2, 0) is 19.1 Å². The number of hydrogen-bond acceptors (Lipinski definition) is 4. The van der Waals surface area contributed by atoms with Crippen LogP contribution in [0.5, 0.6) is 0 Å². The van der Waals surface area contributed by atoms with Gasteiger partial charge in [-0.25, -0.2) is 0 Å². The van der Waals surface area contributed by atoms with E-state index in [-0.39, 0.29) is 29.8 Å². The molecular formula is C26H31Cl2N3O4. The third-order valence-corrected chi connectivity index (χ3v) is 8.70. The largest absolute Gasteiger partial charge is 0.356 e. The van der Waals surface area contributed by atoms with Gasteiger partial charge in [-0.2, -0.15) is 0 Å². The van der Waals surface area contributed by atoms with E-state index in [4.69, 9.17) is 27.9 Å². The topological polar surface area (TPSA) is 87.7 Å². The Bertz CT molecular complexity index is 1100. The van der Waals surface area contributed by atoms with E-state index in [0.29, 0.717) is 15.7 Å². The fourth-order valence-corrected chi connectivity index (χ4v) is 6.74. The maximum Gasteiger partial charge on any atom is 0.246 e. The molecule has 1 saturated carbocycles. The average molecular weight is 520 g/mol. The first-order valence-electron chi connectivity index (χ1n) is 12.4. The lowest BCUT2D eigenvalue weighted by molar-refractivity contribution is -0.146. The standard InChI is InChI=1S/C26H31Cl2N3O4/c1-14(2)31-21(23(33)29-15-7-5-4-6-8-15)26-12-11-25(3,35-26)19(20(26)24(31)34)22(32)30-16-9-10-17(27)18(28)13-16/h9-15,19-21H,4-8H2,1-3H3,(H,29,33)(H,30,32)/t19?,20-,21?,25-,26?/m0/s1. The quantitative estimate of drug-likeness (QED) is 0.566. The van der Waals surface area contributed by atoms with Crippen LogP contribution in [0.2, 0.25) is 10.0 Å². The number of carbonyl (C=O) groups excluding carboxylic acids is 3. The molecule has 5 atom stereocenters. The first-order valence-corrected chi connectivity index (χ1v) is 13.1. The Kier molecular flexibility index (Phi) is 6.17. The second-order valence-electron chi connectivity index (χ2n) is 10.6. The monoisotopic (exact) mass is 519 g/mol. The Balaban J connectivity index is 1.47. The van der Waals surface area contributed by atoms with Crippen molar-refractivity contribution in [3.8, 4) is 0 Å². The molecule has 1 aromatic rings. The third kappa shape index (κ3) is 3.87. The molecule has 5 rings (SSSR count). The number of amides is 3. The highest BCUT2D eigenvalue weighted by Gasteiger charge is 2.76. The van der Waals surface area contributed by atoms with Crippen LogP contribution in [0.25, 0.3) is 0 Å². The Morgan fingerprint density at radius 1 is 1.09 bits per heavy atom. The molecule has 7 nitrogen and oxygen atoms in total. The minimum absolute atomic E-state index is 0.0998. The molecule has 2 N–H and O–H groups in total. The van der Waals surface area contributed by atoms with E-state index in [1.54, 1.807) is 30.0 Å². The number of halogens is 2. The second kappa shape index (κ2) is 8.79. The summed E-state index contributed by atoms with van der Waals surface area (Å²) in [6.45, 7) is 5.58. The molecular weight excluding hydrogens is 489 g/mol. The minimum atomic E-state index is -1.19. The van der Waals surface area contributed by atoms with Crippen molar-refractivity contribution >= 4 is 46.6 Å². The molecule has 35 heavy (non-hydrogen) atoms. The van der Waals surface area contributed by atoms with Crippen LogP contribution < -0.4 is 10.6 Å². The highest BCUT2D eigenvalue weighted by Crippen LogP contribution is 2.60. The lowest BCUT2D eigenvalue weighted by atomic mass is 9.70. The summed E-state index contributed by atoms with van der Waals surface area (Å²) in [6, 6.07) is 3.87. The third-order valence-electron chi connectivity index (χ3n) is 7.96. The zero-order chi connectivity index (χ0) is 25.1. The number of nitrogens with zero attached hydrogens (tertiary/aromatic N) is 1. The number of hydrogen-bond donors (Lipinski definition) is 2. The van der Waals surface area contributed by atoms with E-state index in [2.05, 4.69) is 10.6 Å². The summed E-state index contributed by atoms with van der Waals surface area (Å²) >= 11 is 12.1. The van der Waals surface area contributed by atoms with Gasteiger partial charge in [-0.15, -0.1) is 0 Å². The Hall–Kier alpha value is -2.09. The maximum absolute atomic E-state index is 13.8. The van der Waals surface area contributed by atoms with Gasteiger partial charge in [0.15, 0.2) is 0 Å². The van der Waals surface area contributed by atoms with Crippen LogP contribution in [0, 0.1) is 11.8 Å². The fourth-order valence-electron chi connectivity index (χ4n) is 6.44. The van der Waals surface area contributed by atoms with Crippen LogP contribution in [0.15, 0.2) is 30.4 Å². The molecule has 1 aromatic carbocycles. The Labute approximate surface area is 215 Å². The number of carbonyl (C=O) groups is 3. The summed E-state index contributed by atoms with van der Waals surface area (Å²) in [6.07, 6.45) is 8.90. The molecule has 0 aromatic heterocycles. The fraction of sp³-hybridized carbons (Fsp3) is 0.577. The molecule has 2 saturated heterocycles. The van der Waals surface area contributed by atoms with Gasteiger partial charge in [0.1, 0.15) is 11.6 Å². The molecule has 9 heteroatoms. The first kappa shape index (κ1) is 24.6. The van der Waals surface area contributed by atoms with Gasteiger partial charge >= 0.3 is 0 Å². The smallest absolute Gasteiger partial charge is 0.246 e. The van der Waals surface area contributed by atoms with Gasteiger partial charge in [-0.1, -0.05) is 54.6 Å². The van der Waals surface area contributed by atoms with Crippen molar-refractivity contribution in [2.75, 3.05) is 5.32 Å². The van der Waals surface area contributed by atoms with Gasteiger partial charge < -0.3 is 20.3 Å². The molecule has 3 unspecified atom stereocenters. The summed E-state index contributed by atoms with van der Waals surface area (Å²) in [5, 5.41) is 6.77. The number of fused-ring (bicyclic) bond motifs is 1. The van der Waals surface area contributed by atoms with Gasteiger partial charge in [-0.05, 0) is 51.8 Å². The van der Waals surface area contributed by atoms with E-state index < -0.39 is 29.1 Å². The zero-order valence-corrected chi connectivity index (χ0v) is 21.7. The van der Waals surface area contributed by atoms with Crippen LogP contribution in [-0.4, -0.2) is 51.9 Å². The van der Waals surface area contributed by atoms with E-state index in [9.17, 15) is 14.4 Å². The van der Waals surface area contributed by atoms with Crippen molar-refractivity contribution in [2.24, 2.45) is 11.8 Å². The van der Waals surface area contributed by atoms with Gasteiger partial charge in [0.05, 0.1) is 27.5 Å². The SMILES string of the molecule is CC(C)N1C(=O)[C@@H]2C(C(=O)Nc3ccc(Cl)c(Cl)c3)[C@]3(C)C=CC2(O3)C1C(=O)NC1CCCCC1. The van der Waals surface area contributed by atoms with Crippen LogP contribution >= 0.6 is 23.2 Å². The predicted molar refractivity (Wildman–Crippen MR) is 134 cm³/mol. The number of anilines is 1. The summed E-state index contributed by atoms with van der Waals surface area (Å²) in [5.74, 6) is -2.40. The van der Waals surface area contributed by atoms with Crippen molar-refractivity contribution in [2.45, 2.75) is 82.2 Å². The maximum atomic E-state index is 13.8. The molecule has 0 radical (unpaired) electrons. The van der Waals surface area contributed by atoms with Crippen LogP contribution in [0.3, 0.4) is 0 Å². The van der Waals surface area contributed by atoms with Gasteiger partial charge in [0.2, 0.25) is 17.7 Å². The summed E-state index contributed by atoms with van der Waals surface area (Å²) < 4.78 is 6.52. The lowest BCUT2D eigenvalue weighted by Gasteiger charge is -2.36. The highest BCUT2D eigenvalue weighted by atomic mass is 35.5. The summed E-state index contributed by atoms with van der Waals surface area (Å²) in [5.41, 5.74) is -1.71. The molecule has 3 amide bonds. The lowest BCUT2D eigenvalue weighted by Crippen LogP contribution is -2.58. The molecule has 188 valence electrons. The van der Waals surface area contributed by atoms with Crippen molar-refractivity contribution < 1.29 is 19.1 Å². The van der Waals surface area contributed by atoms with Crippen LogP contribution in [0.1, 0.15) is 52.9 Å². The van der Waals surface area contributed by atoms with E-state index in [1.807, 2.05) is 26.0 Å². The molecule has 3 fully saturated rings. The molecule has 3 aliphatic heterocycles. The predicted octanol–water partition coefficient (Wildman–Crippen LogP) is 4.33. The van der Waals surface area contributed by atoms with Crippen molar-refractivity contribution in [1.29, 1.82) is 0 Å². The van der Waals surface area contributed by atoms with Crippen molar-refractivity contribution in [1.82, 2.24) is 10.2 Å². The molecule has 4 aliphatic rings. The molecule has 1 aliphatic carbocycles. The average Bonchev–Trinajstić information content (AvgIpc) is 3.37. The van der Waals surface area contributed by atoms with Crippen LogP contribution in [0.4, 0.5) is 5.69 Å². The van der Waals surface area contributed by atoms with Gasteiger partial charge in [0, 0.05) is 17.8 Å². The van der Waals surface area contributed by atoms with E-state index >= 15 is 0 Å². The highest BCUT2D eigenvalue weighted by molar-refractivity contribution is 6.42. The van der Waals surface area contributed by atoms with Crippen molar-refractivity contribution in [3.63, 3.8) is 0 Å². The van der Waals surface area contributed by atoms with Gasteiger partial charge in [0.25, 0.3) is 0 Å². The Morgan fingerprint density at radius 3 is 2.46 bits per heavy atom. The van der Waals surface area contributed by atoms with Crippen molar-refractivity contribution in [3.05, 3.63) is 40.4 Å². The molecule has 2 bridgehead atoms. The Morgan fingerprint density at radius 2 is 1.80 bits per heavy atom. The number of ether oxygens (including phenoxy) is 1. The first-order chi connectivity index (χ1) is 16.6. The summed E-state index contributed by atoms with van der Waals surface area (Å²) in [7, 11) is 0. The number of rotatable bonds is 5. The summed E-state index contributed by atoms with van der Waals surface area (Å²) in [4.78, 5) is 42.7. The second-order valence-corrected chi connectivity index (χ2v) is 11.4. The number of likely N-dealkylation sites (tertiary alicyclic amines) is 1. The molecule has 3 heterocycles. The zero-order valence-electron chi connectivity index (χ0n) is 20.1. The normalized spacial score (nSPS) is 33.9.